The van der Waals surface area contributed by atoms with Crippen LogP contribution in [0.5, 0.6) is 0 Å². The minimum atomic E-state index is -5.26. The summed E-state index contributed by atoms with van der Waals surface area (Å²) in [6, 6.07) is 0. The van der Waals surface area contributed by atoms with Crippen molar-refractivity contribution in [3.63, 3.8) is 0 Å². The van der Waals surface area contributed by atoms with Gasteiger partial charge in [0.05, 0.1) is 19.8 Å². The number of aromatic nitrogens is 4. The topological polar surface area (TPSA) is 223 Å². The van der Waals surface area contributed by atoms with Crippen LogP contribution in [-0.2, 0) is 29.7 Å². The summed E-state index contributed by atoms with van der Waals surface area (Å²) in [4.78, 5) is 45.2. The Bertz CT molecular complexity index is 1080. The van der Waals surface area contributed by atoms with Crippen LogP contribution in [0.25, 0.3) is 11.2 Å². The Morgan fingerprint density at radius 3 is 2.69 bits per heavy atom. The lowest BCUT2D eigenvalue weighted by atomic mass is 10.0. The molecule has 2 aromatic heterocycles. The van der Waals surface area contributed by atoms with Gasteiger partial charge in [0.15, 0.2) is 6.33 Å². The molecule has 2 aromatic rings. The largest absolute Gasteiger partial charge is 0.481 e. The predicted octanol–water partition coefficient (Wildman–Crippen LogP) is -1.75. The minimum absolute atomic E-state index is 0.140. The number of nitrogen functional groups attached to an aromatic ring is 1. The van der Waals surface area contributed by atoms with Gasteiger partial charge in [0.25, 0.3) is 11.5 Å². The summed E-state index contributed by atoms with van der Waals surface area (Å²) in [5.41, 5.74) is 5.41. The molecule has 1 unspecified atom stereocenters. The molecule has 0 bridgehead atoms. The van der Waals surface area contributed by atoms with Gasteiger partial charge in [0.2, 0.25) is 11.7 Å². The molecular formula is C12H20N5O10P2+. The van der Waals surface area contributed by atoms with Crippen LogP contribution in [0.2, 0.25) is 0 Å². The number of phosphoric ester groups is 1. The molecule has 1 aliphatic heterocycles. The van der Waals surface area contributed by atoms with Gasteiger partial charge in [-0.2, -0.15) is 4.31 Å². The molecule has 1 fully saturated rings. The second kappa shape index (κ2) is 7.54. The number of aromatic amines is 1. The number of aliphatic hydroxyl groups excluding tert-OH is 1. The van der Waals surface area contributed by atoms with Crippen molar-refractivity contribution in [3.8, 4) is 0 Å². The van der Waals surface area contributed by atoms with E-state index in [1.165, 1.54) is 15.5 Å². The molecule has 5 atom stereocenters. The van der Waals surface area contributed by atoms with E-state index in [0.29, 0.717) is 0 Å². The zero-order chi connectivity index (χ0) is 21.7. The van der Waals surface area contributed by atoms with Gasteiger partial charge in [0.1, 0.15) is 6.10 Å². The number of hydrogen-bond donors (Lipinski definition) is 6. The zero-order valence-corrected chi connectivity index (χ0v) is 16.9. The summed E-state index contributed by atoms with van der Waals surface area (Å²) >= 11 is 0. The smallest absolute Gasteiger partial charge is 0.386 e. The third kappa shape index (κ3) is 4.58. The maximum absolute atomic E-state index is 12.1. The molecule has 15 nitrogen and oxygen atoms in total. The molecular weight excluding hydrogens is 436 g/mol. The Kier molecular flexibility index (Phi) is 5.73. The molecule has 1 aliphatic rings. The molecule has 0 aliphatic carbocycles. The highest BCUT2D eigenvalue weighted by atomic mass is 31.3. The van der Waals surface area contributed by atoms with E-state index < -0.39 is 52.2 Å². The number of imidazole rings is 1. The van der Waals surface area contributed by atoms with Crippen molar-refractivity contribution in [2.75, 3.05) is 12.3 Å². The molecule has 1 saturated heterocycles. The van der Waals surface area contributed by atoms with Gasteiger partial charge < -0.3 is 30.3 Å². The highest BCUT2D eigenvalue weighted by Gasteiger charge is 2.46. The standard InChI is InChI=1S/C12H19N5O10P2/c1-5-6(3-25-29(23,24)27-28(20,21)22)26-11(8(5)18)17-4-16(2)7-9(17)14-12(13)15-10(7)19/h4-6,8,11,18H,3H2,1-2H3,(H5-,13,14,15,19,20,21,22,23,24)/p+1/t5-,6-,8-,11-/m1/s1. The lowest BCUT2D eigenvalue weighted by Gasteiger charge is -2.17. The zero-order valence-electron chi connectivity index (χ0n) is 15.1. The number of nitrogens with one attached hydrogen (secondary N) is 1. The third-order valence-corrected chi connectivity index (χ3v) is 6.56. The first-order valence-electron chi connectivity index (χ1n) is 8.13. The SMILES string of the molecule is C[C@H]1[C@@H](O)[C@H]([n+]2cn(C)c3c(=O)[nH]c(N)nc32)O[C@@H]1COP(=O)(O)OP(=O)(O)O. The molecule has 0 amide bonds. The first-order valence-corrected chi connectivity index (χ1v) is 11.2. The number of aryl methyl sites for hydroxylation is 1. The van der Waals surface area contributed by atoms with Crippen LogP contribution in [-0.4, -0.2) is 53.1 Å². The van der Waals surface area contributed by atoms with Crippen LogP contribution in [0.4, 0.5) is 5.95 Å². The number of H-pyrrole nitrogens is 1. The van der Waals surface area contributed by atoms with Crippen LogP contribution >= 0.6 is 15.6 Å². The van der Waals surface area contributed by atoms with Crippen molar-refractivity contribution in [2.24, 2.45) is 13.0 Å². The molecule has 0 aromatic carbocycles. The molecule has 0 spiro atoms. The quantitative estimate of drug-likeness (QED) is 0.210. The second-order valence-electron chi connectivity index (χ2n) is 6.51. The van der Waals surface area contributed by atoms with Gasteiger partial charge in [-0.05, 0) is 0 Å². The molecule has 7 N–H and O–H groups in total. The lowest BCUT2D eigenvalue weighted by molar-refractivity contribution is -0.745. The number of nitrogens with zero attached hydrogens (tertiary/aromatic N) is 3. The number of anilines is 1. The van der Waals surface area contributed by atoms with Gasteiger partial charge in [-0.25, -0.2) is 13.7 Å². The summed E-state index contributed by atoms with van der Waals surface area (Å²) in [7, 11) is -8.74. The highest BCUT2D eigenvalue weighted by molar-refractivity contribution is 7.60. The van der Waals surface area contributed by atoms with E-state index in [4.69, 9.17) is 20.3 Å². The van der Waals surface area contributed by atoms with Crippen LogP contribution in [0.15, 0.2) is 11.1 Å². The average Bonchev–Trinajstić information content (AvgIpc) is 3.01. The summed E-state index contributed by atoms with van der Waals surface area (Å²) in [6.45, 7) is 0.967. The maximum atomic E-state index is 12.1. The van der Waals surface area contributed by atoms with Crippen LogP contribution in [0.3, 0.4) is 0 Å². The normalized spacial score (nSPS) is 27.4. The van der Waals surface area contributed by atoms with Crippen molar-refractivity contribution in [3.05, 3.63) is 16.7 Å². The lowest BCUT2D eigenvalue weighted by Crippen LogP contribution is -2.45. The summed E-state index contributed by atoms with van der Waals surface area (Å²) < 4.78 is 39.2. The average molecular weight is 456 g/mol. The van der Waals surface area contributed by atoms with Crippen LogP contribution in [0, 0.1) is 5.92 Å². The van der Waals surface area contributed by atoms with E-state index in [9.17, 15) is 23.9 Å². The van der Waals surface area contributed by atoms with Gasteiger partial charge in [0, 0.05) is 5.92 Å². The molecule has 17 heteroatoms. The van der Waals surface area contributed by atoms with E-state index in [0.717, 1.165) is 0 Å². The Morgan fingerprint density at radius 1 is 1.41 bits per heavy atom. The fraction of sp³-hybridized carbons (Fsp3) is 0.583. The predicted molar refractivity (Wildman–Crippen MR) is 93.9 cm³/mol. The van der Waals surface area contributed by atoms with Crippen molar-refractivity contribution in [2.45, 2.75) is 25.4 Å². The van der Waals surface area contributed by atoms with Crippen molar-refractivity contribution in [1.82, 2.24) is 14.5 Å². The summed E-state index contributed by atoms with van der Waals surface area (Å²) in [6.07, 6.45) is -1.67. The Balaban J connectivity index is 1.84. The van der Waals surface area contributed by atoms with Crippen LogP contribution < -0.4 is 15.9 Å². The molecule has 3 heterocycles. The number of hydrogen-bond acceptors (Lipinski definition) is 9. The van der Waals surface area contributed by atoms with Crippen molar-refractivity contribution >= 4 is 32.8 Å². The Morgan fingerprint density at radius 2 is 2.07 bits per heavy atom. The van der Waals surface area contributed by atoms with Gasteiger partial charge in [-0.3, -0.25) is 18.9 Å². The minimum Gasteiger partial charge on any atom is -0.386 e. The van der Waals surface area contributed by atoms with Gasteiger partial charge in [-0.1, -0.05) is 11.9 Å². The van der Waals surface area contributed by atoms with Crippen LogP contribution in [0.1, 0.15) is 13.2 Å². The molecule has 0 saturated carbocycles. The monoisotopic (exact) mass is 456 g/mol. The van der Waals surface area contributed by atoms with E-state index in [-0.39, 0.29) is 17.1 Å². The second-order valence-corrected chi connectivity index (χ2v) is 9.34. The molecule has 162 valence electrons. The van der Waals surface area contributed by atoms with Gasteiger partial charge >= 0.3 is 21.3 Å². The van der Waals surface area contributed by atoms with E-state index in [1.807, 2.05) is 0 Å². The number of rotatable bonds is 6. The van der Waals surface area contributed by atoms with E-state index >= 15 is 0 Å². The van der Waals surface area contributed by atoms with Crippen molar-refractivity contribution < 1.29 is 47.1 Å². The fourth-order valence-corrected chi connectivity index (χ4v) is 4.66. The number of aliphatic hydroxyl groups is 1. The Labute approximate surface area is 162 Å². The van der Waals surface area contributed by atoms with Gasteiger partial charge in [-0.15, -0.1) is 0 Å². The van der Waals surface area contributed by atoms with E-state index in [1.54, 1.807) is 14.0 Å². The fourth-order valence-electron chi connectivity index (χ4n) is 3.07. The molecule has 0 radical (unpaired) electrons. The maximum Gasteiger partial charge on any atom is 0.481 e. The molecule has 3 rings (SSSR count). The third-order valence-electron chi connectivity index (χ3n) is 4.41. The number of nitrogens with two attached hydrogens (primary N) is 1. The van der Waals surface area contributed by atoms with Crippen molar-refractivity contribution in [1.29, 1.82) is 0 Å². The number of phosphoric acid groups is 2. The molecule has 29 heavy (non-hydrogen) atoms. The van der Waals surface area contributed by atoms with E-state index in [2.05, 4.69) is 18.8 Å². The summed E-state index contributed by atoms with van der Waals surface area (Å²) in [5.74, 6) is -0.768. The number of fused-ring (bicyclic) bond motifs is 1. The summed E-state index contributed by atoms with van der Waals surface area (Å²) in [5, 5.41) is 10.6. The highest BCUT2D eigenvalue weighted by Crippen LogP contribution is 2.57. The number of ether oxygens (including phenoxy) is 1. The first-order chi connectivity index (χ1) is 13.3. The Hall–Kier alpha value is -1.67. The first kappa shape index (κ1) is 22.0.